The molecule has 0 aliphatic heterocycles. The Labute approximate surface area is 93.9 Å². The van der Waals surface area contributed by atoms with Crippen LogP contribution in [-0.2, 0) is 4.74 Å². The average Bonchev–Trinajstić information content (AvgIpc) is 2.02. The molecule has 2 N–H and O–H groups in total. The Morgan fingerprint density at radius 3 is 1.87 bits per heavy atom. The molecule has 15 heavy (non-hydrogen) atoms. The van der Waals surface area contributed by atoms with Gasteiger partial charge in [-0.1, -0.05) is 0 Å². The Morgan fingerprint density at radius 1 is 1.33 bits per heavy atom. The molecule has 0 saturated heterocycles. The Hall–Kier alpha value is -0.160. The summed E-state index contributed by atoms with van der Waals surface area (Å²) in [6, 6.07) is 0. The summed E-state index contributed by atoms with van der Waals surface area (Å²) < 4.78 is 5.02. The lowest BCUT2D eigenvalue weighted by atomic mass is 10.1. The number of aliphatic hydroxyl groups excluding tert-OH is 2. The largest absolute Gasteiger partial charge is 0.396 e. The summed E-state index contributed by atoms with van der Waals surface area (Å²) in [7, 11) is 5.52. The van der Waals surface area contributed by atoms with Crippen LogP contribution < -0.4 is 0 Å². The maximum Gasteiger partial charge on any atom is 0.0644 e. The van der Waals surface area contributed by atoms with Gasteiger partial charge < -0.3 is 19.8 Å². The average molecular weight is 221 g/mol. The van der Waals surface area contributed by atoms with Gasteiger partial charge >= 0.3 is 0 Å². The normalized spacial score (nSPS) is 13.4. The van der Waals surface area contributed by atoms with Crippen LogP contribution in [0.2, 0.25) is 0 Å². The molecule has 0 aromatic heterocycles. The minimum absolute atomic E-state index is 0.158. The molecule has 0 amide bonds. The number of hydrogen-bond donors (Lipinski definition) is 2. The van der Waals surface area contributed by atoms with Gasteiger partial charge in [0.2, 0.25) is 0 Å². The molecule has 1 unspecified atom stereocenters. The first-order chi connectivity index (χ1) is 6.75. The molecule has 4 nitrogen and oxygen atoms in total. The van der Waals surface area contributed by atoms with Gasteiger partial charge in [0.05, 0.1) is 11.7 Å². The number of hydrogen-bond acceptors (Lipinski definition) is 4. The van der Waals surface area contributed by atoms with E-state index >= 15 is 0 Å². The quantitative estimate of drug-likeness (QED) is 0.718. The van der Waals surface area contributed by atoms with Crippen LogP contribution in [0.4, 0.5) is 0 Å². The molecule has 1 atom stereocenters. The van der Waals surface area contributed by atoms with Gasteiger partial charge in [0.1, 0.15) is 0 Å². The number of methoxy groups -OCH3 is 1. The summed E-state index contributed by atoms with van der Waals surface area (Å²) >= 11 is 0. The Balaban J connectivity index is 0. The fourth-order valence-corrected chi connectivity index (χ4v) is 0.900. The Morgan fingerprint density at radius 2 is 1.80 bits per heavy atom. The van der Waals surface area contributed by atoms with Gasteiger partial charge in [0, 0.05) is 20.3 Å². The maximum absolute atomic E-state index is 8.68. The van der Waals surface area contributed by atoms with E-state index in [4.69, 9.17) is 14.9 Å². The van der Waals surface area contributed by atoms with E-state index in [1.165, 1.54) is 0 Å². The molecule has 0 rings (SSSR count). The van der Waals surface area contributed by atoms with E-state index in [1.54, 1.807) is 14.0 Å². The van der Waals surface area contributed by atoms with Crippen molar-refractivity contribution in [3.8, 4) is 0 Å². The fraction of sp³-hybridized carbons (Fsp3) is 1.00. The van der Waals surface area contributed by atoms with Crippen LogP contribution in [0.25, 0.3) is 0 Å². The molecule has 0 spiro atoms. The van der Waals surface area contributed by atoms with E-state index in [0.29, 0.717) is 6.42 Å². The van der Waals surface area contributed by atoms with E-state index in [9.17, 15) is 0 Å². The molecule has 0 heterocycles. The number of aliphatic hydroxyl groups is 2. The number of nitrogens with zero attached hydrogens (tertiary/aromatic N) is 1. The van der Waals surface area contributed by atoms with Crippen LogP contribution >= 0.6 is 0 Å². The third-order valence-electron chi connectivity index (χ3n) is 1.90. The van der Waals surface area contributed by atoms with Crippen LogP contribution in [0, 0.1) is 0 Å². The number of ether oxygens (including phenoxy) is 1. The zero-order valence-corrected chi connectivity index (χ0v) is 10.9. The van der Waals surface area contributed by atoms with Crippen LogP contribution in [-0.4, -0.2) is 61.2 Å². The molecular formula is C11H27NO3. The van der Waals surface area contributed by atoms with Crippen molar-refractivity contribution < 1.29 is 14.9 Å². The Bertz CT molecular complexity index is 130. The third-order valence-corrected chi connectivity index (χ3v) is 1.90. The van der Waals surface area contributed by atoms with Crippen LogP contribution in [0.3, 0.4) is 0 Å². The minimum atomic E-state index is -0.199. The van der Waals surface area contributed by atoms with Gasteiger partial charge in [-0.15, -0.1) is 0 Å². The van der Waals surface area contributed by atoms with Crippen LogP contribution in [0.15, 0.2) is 0 Å². The number of rotatable bonds is 5. The summed E-state index contributed by atoms with van der Waals surface area (Å²) in [4.78, 5) is 1.95. The Kier molecular flexibility index (Phi) is 10.5. The maximum atomic E-state index is 8.68. The molecule has 0 aliphatic rings. The third kappa shape index (κ3) is 16.5. The summed E-state index contributed by atoms with van der Waals surface area (Å²) in [6.45, 7) is 6.62. The summed E-state index contributed by atoms with van der Waals surface area (Å²) in [5, 5.41) is 17.1. The first-order valence-electron chi connectivity index (χ1n) is 5.24. The highest BCUT2D eigenvalue weighted by Gasteiger charge is 2.13. The smallest absolute Gasteiger partial charge is 0.0644 e. The topological polar surface area (TPSA) is 52.9 Å². The molecule has 0 aliphatic carbocycles. The van der Waals surface area contributed by atoms with Gasteiger partial charge in [0.25, 0.3) is 0 Å². The van der Waals surface area contributed by atoms with E-state index in [1.807, 2.05) is 32.8 Å². The van der Waals surface area contributed by atoms with Gasteiger partial charge in [-0.3, -0.25) is 0 Å². The van der Waals surface area contributed by atoms with E-state index in [2.05, 4.69) is 0 Å². The predicted molar refractivity (Wildman–Crippen MR) is 63.0 cm³/mol. The molecule has 4 heteroatoms. The van der Waals surface area contributed by atoms with Crippen molar-refractivity contribution in [2.24, 2.45) is 0 Å². The number of likely N-dealkylation sites (N-methyl/N-ethyl adjacent to an activating group) is 1. The van der Waals surface area contributed by atoms with Crippen molar-refractivity contribution in [3.63, 3.8) is 0 Å². The van der Waals surface area contributed by atoms with Gasteiger partial charge in [-0.2, -0.15) is 0 Å². The van der Waals surface area contributed by atoms with Crippen LogP contribution in [0.1, 0.15) is 27.2 Å². The highest BCUT2D eigenvalue weighted by atomic mass is 16.5. The molecule has 0 aromatic rings. The highest BCUT2D eigenvalue weighted by molar-refractivity contribution is 4.65. The lowest BCUT2D eigenvalue weighted by Crippen LogP contribution is -2.23. The fourth-order valence-electron chi connectivity index (χ4n) is 0.900. The standard InChI is InChI=1S/C6H14O2.C5H13NO/c1-6(2,8-3)4-5-7;1-5(7)4-6(2)3/h7H,4-5H2,1-3H3;5,7H,4H2,1-3H3. The zero-order chi connectivity index (χ0) is 12.5. The zero-order valence-electron chi connectivity index (χ0n) is 10.9. The molecule has 0 radical (unpaired) electrons. The van der Waals surface area contributed by atoms with E-state index in [0.717, 1.165) is 6.54 Å². The summed E-state index contributed by atoms with van der Waals surface area (Å²) in [6.07, 6.45) is 0.499. The lowest BCUT2D eigenvalue weighted by Gasteiger charge is -2.20. The molecule has 0 bridgehead atoms. The molecule has 94 valence electrons. The van der Waals surface area contributed by atoms with E-state index < -0.39 is 0 Å². The summed E-state index contributed by atoms with van der Waals surface area (Å²) in [5.74, 6) is 0. The van der Waals surface area contributed by atoms with Gasteiger partial charge in [-0.25, -0.2) is 0 Å². The minimum Gasteiger partial charge on any atom is -0.396 e. The van der Waals surface area contributed by atoms with Gasteiger partial charge in [-0.05, 0) is 41.3 Å². The summed E-state index contributed by atoms with van der Waals surface area (Å²) in [5.41, 5.74) is -0.158. The van der Waals surface area contributed by atoms with Crippen molar-refractivity contribution in [1.29, 1.82) is 0 Å². The van der Waals surface area contributed by atoms with Crippen molar-refractivity contribution in [3.05, 3.63) is 0 Å². The van der Waals surface area contributed by atoms with Crippen LogP contribution in [0.5, 0.6) is 0 Å². The van der Waals surface area contributed by atoms with Crippen molar-refractivity contribution >= 4 is 0 Å². The SMILES string of the molecule is CC(O)CN(C)C.COC(C)(C)CCO. The second-order valence-corrected chi connectivity index (χ2v) is 4.55. The van der Waals surface area contributed by atoms with Crippen molar-refractivity contribution in [1.82, 2.24) is 4.90 Å². The first-order valence-corrected chi connectivity index (χ1v) is 5.24. The molecular weight excluding hydrogens is 194 g/mol. The second-order valence-electron chi connectivity index (χ2n) is 4.55. The van der Waals surface area contributed by atoms with Gasteiger partial charge in [0.15, 0.2) is 0 Å². The predicted octanol–water partition coefficient (Wildman–Crippen LogP) is 0.723. The monoisotopic (exact) mass is 221 g/mol. The first kappa shape index (κ1) is 17.2. The van der Waals surface area contributed by atoms with Crippen molar-refractivity contribution in [2.45, 2.75) is 38.9 Å². The highest BCUT2D eigenvalue weighted by Crippen LogP contribution is 2.10. The molecule has 0 saturated carbocycles. The van der Waals surface area contributed by atoms with E-state index in [-0.39, 0.29) is 18.3 Å². The second kappa shape index (κ2) is 9.09. The lowest BCUT2D eigenvalue weighted by molar-refractivity contribution is 0.00293. The van der Waals surface area contributed by atoms with Crippen molar-refractivity contribution in [2.75, 3.05) is 34.4 Å². The molecule has 0 aromatic carbocycles. The molecule has 0 fully saturated rings.